The van der Waals surface area contributed by atoms with E-state index in [0.29, 0.717) is 24.9 Å². The lowest BCUT2D eigenvalue weighted by molar-refractivity contribution is -0.147. The van der Waals surface area contributed by atoms with Crippen molar-refractivity contribution in [1.82, 2.24) is 20.4 Å². The third-order valence-corrected chi connectivity index (χ3v) is 11.5. The molecule has 12 nitrogen and oxygen atoms in total. The molecule has 1 unspecified atom stereocenters. The molecule has 1 saturated carbocycles. The highest BCUT2D eigenvalue weighted by atomic mass is 16.5. The minimum Gasteiger partial charge on any atom is -0.386 e. The molecule has 0 spiro atoms. The highest BCUT2D eigenvalue weighted by Gasteiger charge is 2.43. The molecule has 5 N–H and O–H groups in total. The SMILES string of the molecule is CC[C@H](C)[C@@H]([C@@H](CC(=O)N1CCC[C@H]1[C@H](OC)[C@@H](C)C(=O)N[C@H](C)[C@@H](O)c1ccccc1)OC)N(C)C(=O)[C@@H](NC(=O)CC1CC[C@H](N)C1)C(C)C. The lowest BCUT2D eigenvalue weighted by Crippen LogP contribution is -2.58. The van der Waals surface area contributed by atoms with Crippen LogP contribution in [0.15, 0.2) is 30.3 Å². The standard InChI is InChI=1S/C40H67N5O7/c1-10-25(4)36(44(7)40(50)35(24(2)3)43-33(46)22-28-18-19-30(41)21-28)32(51-8)23-34(47)45-20-14-17-31(45)38(52-9)26(5)39(49)42-27(6)37(48)29-15-12-11-13-16-29/h11-13,15-16,24-28,30-32,35-38,48H,10,14,17-23,41H2,1-9H3,(H,42,49)(H,43,46)/t25-,26+,27+,28?,30-,31-,32+,35-,36-,37+,38+/m0/s1. The molecule has 52 heavy (non-hydrogen) atoms. The Labute approximate surface area is 311 Å². The van der Waals surface area contributed by atoms with Gasteiger partial charge in [0.2, 0.25) is 23.6 Å². The second kappa shape index (κ2) is 20.4. The number of nitrogens with zero attached hydrogens (tertiary/aromatic N) is 2. The average molecular weight is 730 g/mol. The van der Waals surface area contributed by atoms with E-state index in [1.165, 1.54) is 0 Å². The number of methoxy groups -OCH3 is 2. The first-order chi connectivity index (χ1) is 24.6. The Balaban J connectivity index is 1.71. The highest BCUT2D eigenvalue weighted by molar-refractivity contribution is 5.88. The van der Waals surface area contributed by atoms with Crippen LogP contribution >= 0.6 is 0 Å². The number of aliphatic hydroxyl groups is 1. The van der Waals surface area contributed by atoms with Crippen LogP contribution in [-0.4, -0.2) is 109 Å². The second-order valence-corrected chi connectivity index (χ2v) is 15.7. The summed E-state index contributed by atoms with van der Waals surface area (Å²) < 4.78 is 11.9. The van der Waals surface area contributed by atoms with E-state index in [1.807, 2.05) is 58.0 Å². The zero-order valence-corrected chi connectivity index (χ0v) is 33.0. The van der Waals surface area contributed by atoms with Crippen molar-refractivity contribution in [3.63, 3.8) is 0 Å². The van der Waals surface area contributed by atoms with E-state index in [1.54, 1.807) is 44.9 Å². The minimum absolute atomic E-state index is 0.00627. The van der Waals surface area contributed by atoms with E-state index in [2.05, 4.69) is 10.6 Å². The summed E-state index contributed by atoms with van der Waals surface area (Å²) >= 11 is 0. The van der Waals surface area contributed by atoms with Crippen molar-refractivity contribution >= 4 is 23.6 Å². The van der Waals surface area contributed by atoms with Crippen LogP contribution in [0.1, 0.15) is 105 Å². The number of rotatable bonds is 19. The van der Waals surface area contributed by atoms with Gasteiger partial charge in [0.15, 0.2) is 0 Å². The molecule has 1 heterocycles. The Bertz CT molecular complexity index is 1300. The molecule has 4 amide bonds. The molecule has 0 bridgehead atoms. The number of carbonyl (C=O) groups is 4. The molecule has 11 atom stereocenters. The number of likely N-dealkylation sites (tertiary alicyclic amines) is 1. The second-order valence-electron chi connectivity index (χ2n) is 15.7. The van der Waals surface area contributed by atoms with Gasteiger partial charge in [-0.1, -0.05) is 71.4 Å². The number of amides is 4. The normalized spacial score (nSPS) is 23.6. The monoisotopic (exact) mass is 730 g/mol. The molecule has 1 aromatic rings. The molecular weight excluding hydrogens is 662 g/mol. The number of hydrogen-bond donors (Lipinski definition) is 4. The summed E-state index contributed by atoms with van der Waals surface area (Å²) in [4.78, 5) is 58.3. The van der Waals surface area contributed by atoms with E-state index in [-0.39, 0.29) is 59.9 Å². The van der Waals surface area contributed by atoms with Crippen LogP contribution in [0, 0.1) is 23.7 Å². The van der Waals surface area contributed by atoms with Crippen molar-refractivity contribution in [2.75, 3.05) is 27.8 Å². The topological polar surface area (TPSA) is 164 Å². The summed E-state index contributed by atoms with van der Waals surface area (Å²) in [6.07, 6.45) is 3.19. The number of benzene rings is 1. The summed E-state index contributed by atoms with van der Waals surface area (Å²) in [5.41, 5.74) is 6.78. The third kappa shape index (κ3) is 11.2. The first-order valence-electron chi connectivity index (χ1n) is 19.3. The maximum atomic E-state index is 14.1. The van der Waals surface area contributed by atoms with Gasteiger partial charge in [0, 0.05) is 40.3 Å². The maximum Gasteiger partial charge on any atom is 0.245 e. The average Bonchev–Trinajstić information content (AvgIpc) is 3.78. The zero-order valence-electron chi connectivity index (χ0n) is 33.0. The van der Waals surface area contributed by atoms with E-state index in [4.69, 9.17) is 15.2 Å². The van der Waals surface area contributed by atoms with Gasteiger partial charge in [-0.05, 0) is 62.3 Å². The van der Waals surface area contributed by atoms with Gasteiger partial charge < -0.3 is 40.7 Å². The molecule has 1 aliphatic heterocycles. The Morgan fingerprint density at radius 3 is 2.23 bits per heavy atom. The predicted molar refractivity (Wildman–Crippen MR) is 202 cm³/mol. The van der Waals surface area contributed by atoms with Gasteiger partial charge in [0.1, 0.15) is 6.04 Å². The first-order valence-corrected chi connectivity index (χ1v) is 19.3. The summed E-state index contributed by atoms with van der Waals surface area (Å²) in [5, 5.41) is 16.8. The highest BCUT2D eigenvalue weighted by Crippen LogP contribution is 2.30. The molecule has 3 rings (SSSR count). The van der Waals surface area contributed by atoms with Crippen molar-refractivity contribution in [3.8, 4) is 0 Å². The number of nitrogens with two attached hydrogens (primary N) is 1. The van der Waals surface area contributed by atoms with Crippen LogP contribution in [0.25, 0.3) is 0 Å². The van der Waals surface area contributed by atoms with Crippen LogP contribution in [0.3, 0.4) is 0 Å². The van der Waals surface area contributed by atoms with Gasteiger partial charge in [-0.2, -0.15) is 0 Å². The van der Waals surface area contributed by atoms with Crippen LogP contribution in [0.5, 0.6) is 0 Å². The maximum absolute atomic E-state index is 14.1. The molecule has 12 heteroatoms. The van der Waals surface area contributed by atoms with E-state index in [9.17, 15) is 24.3 Å². The van der Waals surface area contributed by atoms with Crippen molar-refractivity contribution in [2.45, 2.75) is 141 Å². The summed E-state index contributed by atoms with van der Waals surface area (Å²) in [5.74, 6) is -1.27. The van der Waals surface area contributed by atoms with Gasteiger partial charge in [-0.15, -0.1) is 0 Å². The summed E-state index contributed by atoms with van der Waals surface area (Å²) in [7, 11) is 4.86. The van der Waals surface area contributed by atoms with Gasteiger partial charge in [-0.25, -0.2) is 0 Å². The number of ether oxygens (including phenoxy) is 2. The van der Waals surface area contributed by atoms with Crippen molar-refractivity contribution in [1.29, 1.82) is 0 Å². The number of nitrogens with one attached hydrogen (secondary N) is 2. The molecule has 0 radical (unpaired) electrons. The third-order valence-electron chi connectivity index (χ3n) is 11.5. The fourth-order valence-electron chi connectivity index (χ4n) is 8.21. The van der Waals surface area contributed by atoms with Gasteiger partial charge in [0.05, 0.1) is 48.8 Å². The minimum atomic E-state index is -0.874. The van der Waals surface area contributed by atoms with Crippen LogP contribution in [0.2, 0.25) is 0 Å². The quantitative estimate of drug-likeness (QED) is 0.167. The molecular formula is C40H67N5O7. The van der Waals surface area contributed by atoms with Crippen molar-refractivity contribution in [2.24, 2.45) is 29.4 Å². The largest absolute Gasteiger partial charge is 0.386 e. The van der Waals surface area contributed by atoms with Crippen LogP contribution in [-0.2, 0) is 28.7 Å². The van der Waals surface area contributed by atoms with Crippen molar-refractivity contribution < 1.29 is 33.8 Å². The Morgan fingerprint density at radius 2 is 1.67 bits per heavy atom. The predicted octanol–water partition coefficient (Wildman–Crippen LogP) is 3.80. The number of hydrogen-bond acceptors (Lipinski definition) is 8. The molecule has 1 aliphatic carbocycles. The van der Waals surface area contributed by atoms with Crippen molar-refractivity contribution in [3.05, 3.63) is 35.9 Å². The lowest BCUT2D eigenvalue weighted by Gasteiger charge is -2.41. The Morgan fingerprint density at radius 1 is 1.00 bits per heavy atom. The van der Waals surface area contributed by atoms with Gasteiger partial charge in [-0.3, -0.25) is 19.2 Å². The fraction of sp³-hybridized carbons (Fsp3) is 0.750. The summed E-state index contributed by atoms with van der Waals surface area (Å²) in [6.45, 7) is 12.0. The number of likely N-dealkylation sites (N-methyl/N-ethyl adjacent to an activating group) is 1. The van der Waals surface area contributed by atoms with E-state index in [0.717, 1.165) is 32.1 Å². The summed E-state index contributed by atoms with van der Waals surface area (Å²) in [6, 6.07) is 7.30. The number of carbonyl (C=O) groups excluding carboxylic acids is 4. The zero-order chi connectivity index (χ0) is 38.7. The Hall–Kier alpha value is -3.06. The lowest BCUT2D eigenvalue weighted by atomic mass is 9.89. The Kier molecular flexibility index (Phi) is 17.0. The molecule has 2 aliphatic rings. The molecule has 1 aromatic carbocycles. The first kappa shape index (κ1) is 43.3. The molecule has 294 valence electrons. The fourth-order valence-corrected chi connectivity index (χ4v) is 8.21. The molecule has 2 fully saturated rings. The van der Waals surface area contributed by atoms with Gasteiger partial charge in [0.25, 0.3) is 0 Å². The molecule has 1 saturated heterocycles. The number of aliphatic hydroxyl groups excluding tert-OH is 1. The van der Waals surface area contributed by atoms with E-state index < -0.39 is 42.4 Å². The van der Waals surface area contributed by atoms with Crippen LogP contribution < -0.4 is 16.4 Å². The smallest absolute Gasteiger partial charge is 0.245 e. The molecule has 0 aromatic heterocycles. The van der Waals surface area contributed by atoms with Crippen LogP contribution in [0.4, 0.5) is 0 Å². The van der Waals surface area contributed by atoms with Gasteiger partial charge >= 0.3 is 0 Å². The van der Waals surface area contributed by atoms with E-state index >= 15 is 0 Å².